The molecule has 0 spiro atoms. The summed E-state index contributed by atoms with van der Waals surface area (Å²) in [6.07, 6.45) is 0. The standard InChI is InChI=1S/C59H39NO2/c1-59(2)51-25-9-7-19-44(51)45-33-32-40(35-52(45)59)60(39-30-28-37(29-31-39)43-21-12-23-48-46-20-8-10-27-54(46)61-56(43)48)53-26-13-24-49-50-34-38-15-4-6-18-42(38)55(58(50)62-57(49)53)47-22-11-16-36-14-3-5-17-41(36)47/h3-35H,1-2H3. The van der Waals surface area contributed by atoms with Gasteiger partial charge in [-0.25, -0.2) is 0 Å². The second-order valence-corrected chi connectivity index (χ2v) is 17.2. The molecule has 3 heteroatoms. The van der Waals surface area contributed by atoms with Crippen LogP contribution in [0.15, 0.2) is 209 Å². The van der Waals surface area contributed by atoms with Gasteiger partial charge in [0.15, 0.2) is 5.58 Å². The van der Waals surface area contributed by atoms with Crippen molar-refractivity contribution in [3.63, 3.8) is 0 Å². The lowest BCUT2D eigenvalue weighted by Crippen LogP contribution is -2.16. The molecule has 2 aromatic heterocycles. The fraction of sp³-hybridized carbons (Fsp3) is 0.0508. The first-order chi connectivity index (χ1) is 30.5. The highest BCUT2D eigenvalue weighted by Gasteiger charge is 2.36. The van der Waals surface area contributed by atoms with Gasteiger partial charge in [-0.3, -0.25) is 0 Å². The first kappa shape index (κ1) is 34.9. The van der Waals surface area contributed by atoms with Crippen molar-refractivity contribution >= 4 is 82.5 Å². The Labute approximate surface area is 358 Å². The van der Waals surface area contributed by atoms with Crippen molar-refractivity contribution < 1.29 is 8.83 Å². The van der Waals surface area contributed by atoms with Crippen LogP contribution in [0.2, 0.25) is 0 Å². The van der Waals surface area contributed by atoms with E-state index in [0.29, 0.717) is 0 Å². The molecule has 0 amide bonds. The van der Waals surface area contributed by atoms with Crippen LogP contribution in [0.4, 0.5) is 17.1 Å². The molecule has 0 aliphatic heterocycles. The van der Waals surface area contributed by atoms with E-state index in [1.165, 1.54) is 43.8 Å². The van der Waals surface area contributed by atoms with E-state index in [1.807, 2.05) is 12.1 Å². The molecule has 3 nitrogen and oxygen atoms in total. The molecule has 1 aliphatic carbocycles. The lowest BCUT2D eigenvalue weighted by molar-refractivity contribution is 0.660. The number of fused-ring (bicyclic) bond motifs is 11. The number of furan rings is 2. The van der Waals surface area contributed by atoms with Crippen LogP contribution in [0.5, 0.6) is 0 Å². The summed E-state index contributed by atoms with van der Waals surface area (Å²) in [6.45, 7) is 4.69. The SMILES string of the molecule is CC1(C)c2ccccc2-c2ccc(N(c3ccc(-c4cccc5c4oc4ccccc45)cc3)c3cccc4c3oc3c(-c5cccc6ccccc56)c5ccccc5cc34)cc21. The molecule has 13 rings (SSSR count). The molecule has 0 saturated carbocycles. The predicted molar refractivity (Wildman–Crippen MR) is 259 cm³/mol. The second-order valence-electron chi connectivity index (χ2n) is 17.2. The highest BCUT2D eigenvalue weighted by molar-refractivity contribution is 6.22. The maximum atomic E-state index is 7.35. The molecular weight excluding hydrogens is 755 g/mol. The van der Waals surface area contributed by atoms with Crippen LogP contribution < -0.4 is 4.90 Å². The molecule has 0 atom stereocenters. The normalized spacial score (nSPS) is 13.1. The van der Waals surface area contributed by atoms with Crippen LogP contribution in [0.25, 0.3) is 98.8 Å². The Morgan fingerprint density at radius 3 is 1.85 bits per heavy atom. The molecule has 0 saturated heterocycles. The van der Waals surface area contributed by atoms with Crippen molar-refractivity contribution in [3.05, 3.63) is 211 Å². The van der Waals surface area contributed by atoms with E-state index in [2.05, 4.69) is 207 Å². The Bertz CT molecular complexity index is 3780. The van der Waals surface area contributed by atoms with Crippen LogP contribution in [0.1, 0.15) is 25.0 Å². The number of rotatable bonds is 5. The Morgan fingerprint density at radius 1 is 0.371 bits per heavy atom. The Balaban J connectivity index is 1.05. The molecular formula is C59H39NO2. The monoisotopic (exact) mass is 793 g/mol. The van der Waals surface area contributed by atoms with E-state index >= 15 is 0 Å². The molecule has 12 aromatic rings. The molecule has 62 heavy (non-hydrogen) atoms. The van der Waals surface area contributed by atoms with Gasteiger partial charge in [-0.1, -0.05) is 172 Å². The molecule has 0 bridgehead atoms. The highest BCUT2D eigenvalue weighted by atomic mass is 16.3. The molecule has 292 valence electrons. The summed E-state index contributed by atoms with van der Waals surface area (Å²) >= 11 is 0. The Kier molecular flexibility index (Phi) is 7.36. The van der Waals surface area contributed by atoms with Crippen LogP contribution in [0, 0.1) is 0 Å². The van der Waals surface area contributed by atoms with Gasteiger partial charge in [-0.15, -0.1) is 0 Å². The van der Waals surface area contributed by atoms with E-state index in [1.54, 1.807) is 0 Å². The van der Waals surface area contributed by atoms with Crippen molar-refractivity contribution in [2.24, 2.45) is 0 Å². The number of nitrogens with zero attached hydrogens (tertiary/aromatic N) is 1. The number of hydrogen-bond donors (Lipinski definition) is 0. The summed E-state index contributed by atoms with van der Waals surface area (Å²) in [7, 11) is 0. The number of para-hydroxylation sites is 3. The van der Waals surface area contributed by atoms with Crippen LogP contribution in [0.3, 0.4) is 0 Å². The van der Waals surface area contributed by atoms with E-state index in [4.69, 9.17) is 8.83 Å². The third-order valence-corrected chi connectivity index (χ3v) is 13.5. The van der Waals surface area contributed by atoms with Gasteiger partial charge >= 0.3 is 0 Å². The zero-order chi connectivity index (χ0) is 41.1. The zero-order valence-corrected chi connectivity index (χ0v) is 34.3. The average molecular weight is 794 g/mol. The van der Waals surface area contributed by atoms with Crippen molar-refractivity contribution in [2.45, 2.75) is 19.3 Å². The molecule has 1 aliphatic rings. The minimum atomic E-state index is -0.165. The van der Waals surface area contributed by atoms with Gasteiger partial charge in [0, 0.05) is 49.5 Å². The number of anilines is 3. The lowest BCUT2D eigenvalue weighted by Gasteiger charge is -2.28. The summed E-state index contributed by atoms with van der Waals surface area (Å²) in [4.78, 5) is 2.38. The molecule has 0 unspecified atom stereocenters. The van der Waals surface area contributed by atoms with E-state index in [-0.39, 0.29) is 5.41 Å². The first-order valence-electron chi connectivity index (χ1n) is 21.4. The Morgan fingerprint density at radius 2 is 0.984 bits per heavy atom. The maximum Gasteiger partial charge on any atom is 0.159 e. The van der Waals surface area contributed by atoms with Crippen LogP contribution in [-0.2, 0) is 5.41 Å². The molecule has 2 heterocycles. The van der Waals surface area contributed by atoms with E-state index < -0.39 is 0 Å². The summed E-state index contributed by atoms with van der Waals surface area (Å²) < 4.78 is 13.8. The van der Waals surface area contributed by atoms with Gasteiger partial charge in [0.05, 0.1) is 5.69 Å². The average Bonchev–Trinajstić information content (AvgIpc) is 3.96. The van der Waals surface area contributed by atoms with Gasteiger partial charge in [0.1, 0.15) is 16.7 Å². The topological polar surface area (TPSA) is 29.5 Å². The second kappa shape index (κ2) is 13.1. The summed E-state index contributed by atoms with van der Waals surface area (Å²) in [6, 6.07) is 72.3. The summed E-state index contributed by atoms with van der Waals surface area (Å²) in [5, 5.41) is 9.19. The first-order valence-corrected chi connectivity index (χ1v) is 21.4. The quantitative estimate of drug-likeness (QED) is 0.174. The van der Waals surface area contributed by atoms with Gasteiger partial charge in [-0.05, 0) is 97.4 Å². The maximum absolute atomic E-state index is 7.35. The van der Waals surface area contributed by atoms with Crippen molar-refractivity contribution in [2.75, 3.05) is 4.90 Å². The molecule has 0 fully saturated rings. The smallest absolute Gasteiger partial charge is 0.159 e. The fourth-order valence-corrected chi connectivity index (χ4v) is 10.5. The largest absolute Gasteiger partial charge is 0.455 e. The van der Waals surface area contributed by atoms with E-state index in [0.717, 1.165) is 83.2 Å². The van der Waals surface area contributed by atoms with Gasteiger partial charge in [0.25, 0.3) is 0 Å². The number of benzene rings is 10. The third-order valence-electron chi connectivity index (χ3n) is 13.5. The molecule has 0 N–H and O–H groups in total. The molecule has 10 aromatic carbocycles. The van der Waals surface area contributed by atoms with Gasteiger partial charge in [0.2, 0.25) is 0 Å². The van der Waals surface area contributed by atoms with Crippen molar-refractivity contribution in [3.8, 4) is 33.4 Å². The van der Waals surface area contributed by atoms with Crippen molar-refractivity contribution in [1.82, 2.24) is 0 Å². The number of hydrogen-bond acceptors (Lipinski definition) is 3. The Hall–Kier alpha value is -7.88. The van der Waals surface area contributed by atoms with Gasteiger partial charge in [-0.2, -0.15) is 0 Å². The van der Waals surface area contributed by atoms with Crippen LogP contribution in [-0.4, -0.2) is 0 Å². The lowest BCUT2D eigenvalue weighted by atomic mass is 9.82. The zero-order valence-electron chi connectivity index (χ0n) is 34.3. The van der Waals surface area contributed by atoms with Gasteiger partial charge < -0.3 is 13.7 Å². The summed E-state index contributed by atoms with van der Waals surface area (Å²) in [5.41, 5.74) is 16.2. The third kappa shape index (κ3) is 5.00. The van der Waals surface area contributed by atoms with Crippen molar-refractivity contribution in [1.29, 1.82) is 0 Å². The minimum absolute atomic E-state index is 0.165. The fourth-order valence-electron chi connectivity index (χ4n) is 10.5. The molecule has 0 radical (unpaired) electrons. The predicted octanol–water partition coefficient (Wildman–Crippen LogP) is 16.9. The van der Waals surface area contributed by atoms with E-state index in [9.17, 15) is 0 Å². The minimum Gasteiger partial charge on any atom is -0.455 e. The highest BCUT2D eigenvalue weighted by Crippen LogP contribution is 2.52. The summed E-state index contributed by atoms with van der Waals surface area (Å²) in [5.74, 6) is 0. The van der Waals surface area contributed by atoms with Crippen LogP contribution >= 0.6 is 0 Å².